The third-order valence-electron chi connectivity index (χ3n) is 1.31. The molecule has 1 N–H and O–H groups in total. The standard InChI is InChI=1S/C5H7BrN2O2/c6-4-1-2-7-5(4)3-8(9)10/h3-4,7H,1-2H2/b5-3-. The summed E-state index contributed by atoms with van der Waals surface area (Å²) in [7, 11) is 0. The lowest BCUT2D eigenvalue weighted by atomic mass is 10.3. The van der Waals surface area contributed by atoms with Crippen LogP contribution in [0.5, 0.6) is 0 Å². The van der Waals surface area contributed by atoms with E-state index in [0.29, 0.717) is 5.70 Å². The zero-order valence-electron chi connectivity index (χ0n) is 5.21. The Kier molecular flexibility index (Phi) is 2.26. The van der Waals surface area contributed by atoms with Crippen LogP contribution in [0.2, 0.25) is 0 Å². The van der Waals surface area contributed by atoms with Crippen LogP contribution in [-0.2, 0) is 0 Å². The molecule has 1 heterocycles. The first kappa shape index (κ1) is 7.53. The molecule has 0 amide bonds. The molecule has 1 unspecified atom stereocenters. The zero-order valence-corrected chi connectivity index (χ0v) is 6.80. The summed E-state index contributed by atoms with van der Waals surface area (Å²) >= 11 is 3.30. The molecule has 1 aliphatic heterocycles. The van der Waals surface area contributed by atoms with Crippen LogP contribution in [-0.4, -0.2) is 16.3 Å². The van der Waals surface area contributed by atoms with Gasteiger partial charge in [-0.3, -0.25) is 10.1 Å². The molecular formula is C5H7BrN2O2. The summed E-state index contributed by atoms with van der Waals surface area (Å²) < 4.78 is 0. The van der Waals surface area contributed by atoms with E-state index in [4.69, 9.17) is 0 Å². The number of halogens is 1. The fourth-order valence-electron chi connectivity index (χ4n) is 0.850. The van der Waals surface area contributed by atoms with Gasteiger partial charge in [-0.1, -0.05) is 15.9 Å². The molecule has 0 radical (unpaired) electrons. The number of nitrogens with one attached hydrogen (secondary N) is 1. The molecule has 1 fully saturated rings. The van der Waals surface area contributed by atoms with E-state index in [-0.39, 0.29) is 4.83 Å². The van der Waals surface area contributed by atoms with Gasteiger partial charge in [0.15, 0.2) is 0 Å². The first-order chi connectivity index (χ1) is 4.70. The average Bonchev–Trinajstić information content (AvgIpc) is 2.15. The summed E-state index contributed by atoms with van der Waals surface area (Å²) in [6.07, 6.45) is 1.92. The molecule has 5 heteroatoms. The second kappa shape index (κ2) is 3.01. The molecule has 1 atom stereocenters. The Hall–Kier alpha value is -0.580. The monoisotopic (exact) mass is 206 g/mol. The minimum absolute atomic E-state index is 0.137. The minimum Gasteiger partial charge on any atom is -0.382 e. The molecule has 1 rings (SSSR count). The van der Waals surface area contributed by atoms with Gasteiger partial charge in [-0.05, 0) is 6.42 Å². The van der Waals surface area contributed by atoms with E-state index in [0.717, 1.165) is 19.2 Å². The van der Waals surface area contributed by atoms with Crippen molar-refractivity contribution in [2.75, 3.05) is 6.54 Å². The Labute approximate surface area is 66.6 Å². The highest BCUT2D eigenvalue weighted by atomic mass is 79.9. The molecule has 0 spiro atoms. The number of allylic oxidation sites excluding steroid dienone is 1. The normalized spacial score (nSPS) is 28.5. The lowest BCUT2D eigenvalue weighted by Gasteiger charge is -1.96. The van der Waals surface area contributed by atoms with Crippen molar-refractivity contribution in [3.8, 4) is 0 Å². The largest absolute Gasteiger partial charge is 0.382 e. The van der Waals surface area contributed by atoms with Gasteiger partial charge in [0, 0.05) is 6.54 Å². The predicted molar refractivity (Wildman–Crippen MR) is 40.4 cm³/mol. The molecule has 0 aromatic heterocycles. The lowest BCUT2D eigenvalue weighted by molar-refractivity contribution is -0.403. The van der Waals surface area contributed by atoms with Crippen LogP contribution in [0.25, 0.3) is 0 Å². The number of hydrogen-bond acceptors (Lipinski definition) is 3. The second-order valence-electron chi connectivity index (χ2n) is 2.05. The van der Waals surface area contributed by atoms with Gasteiger partial charge < -0.3 is 5.32 Å². The van der Waals surface area contributed by atoms with Gasteiger partial charge in [-0.25, -0.2) is 0 Å². The van der Waals surface area contributed by atoms with E-state index in [2.05, 4.69) is 21.2 Å². The molecule has 1 saturated heterocycles. The van der Waals surface area contributed by atoms with E-state index < -0.39 is 4.92 Å². The van der Waals surface area contributed by atoms with Crippen molar-refractivity contribution in [2.45, 2.75) is 11.2 Å². The SMILES string of the molecule is O=[N+]([O-])/C=C1\NCCC1Br. The predicted octanol–water partition coefficient (Wildman–Crippen LogP) is 0.861. The lowest BCUT2D eigenvalue weighted by Crippen LogP contribution is -2.08. The third-order valence-corrected chi connectivity index (χ3v) is 2.26. The maximum Gasteiger partial charge on any atom is 0.254 e. The van der Waals surface area contributed by atoms with Gasteiger partial charge in [0.05, 0.1) is 15.4 Å². The average molecular weight is 207 g/mol. The first-order valence-electron chi connectivity index (χ1n) is 2.93. The quantitative estimate of drug-likeness (QED) is 0.394. The maximum atomic E-state index is 9.97. The van der Waals surface area contributed by atoms with Crippen LogP contribution in [0, 0.1) is 10.1 Å². The molecule has 0 saturated carbocycles. The van der Waals surface area contributed by atoms with Crippen LogP contribution in [0.1, 0.15) is 6.42 Å². The highest BCUT2D eigenvalue weighted by molar-refractivity contribution is 9.09. The van der Waals surface area contributed by atoms with Crippen molar-refractivity contribution in [3.63, 3.8) is 0 Å². The van der Waals surface area contributed by atoms with E-state index in [9.17, 15) is 10.1 Å². The highest BCUT2D eigenvalue weighted by Crippen LogP contribution is 2.18. The van der Waals surface area contributed by atoms with Crippen LogP contribution < -0.4 is 5.32 Å². The van der Waals surface area contributed by atoms with Crippen molar-refractivity contribution in [1.29, 1.82) is 0 Å². The van der Waals surface area contributed by atoms with Crippen molar-refractivity contribution in [1.82, 2.24) is 5.32 Å². The summed E-state index contributed by atoms with van der Waals surface area (Å²) in [5.74, 6) is 0. The van der Waals surface area contributed by atoms with Crippen molar-refractivity contribution >= 4 is 15.9 Å². The molecule has 0 aromatic carbocycles. The summed E-state index contributed by atoms with van der Waals surface area (Å²) in [6.45, 7) is 0.815. The van der Waals surface area contributed by atoms with Gasteiger partial charge >= 0.3 is 0 Å². The third kappa shape index (κ3) is 1.70. The summed E-state index contributed by atoms with van der Waals surface area (Å²) in [4.78, 5) is 9.66. The van der Waals surface area contributed by atoms with E-state index in [1.165, 1.54) is 0 Å². The van der Waals surface area contributed by atoms with Gasteiger partial charge in [0.2, 0.25) is 0 Å². The highest BCUT2D eigenvalue weighted by Gasteiger charge is 2.19. The molecule has 56 valence electrons. The molecule has 0 aliphatic carbocycles. The molecule has 0 aromatic rings. The van der Waals surface area contributed by atoms with Crippen LogP contribution in [0.3, 0.4) is 0 Å². The number of hydrogen-bond donors (Lipinski definition) is 1. The smallest absolute Gasteiger partial charge is 0.254 e. The maximum absolute atomic E-state index is 9.97. The zero-order chi connectivity index (χ0) is 7.56. The Morgan fingerprint density at radius 2 is 2.60 bits per heavy atom. The van der Waals surface area contributed by atoms with Crippen molar-refractivity contribution in [3.05, 3.63) is 22.0 Å². The summed E-state index contributed by atoms with van der Waals surface area (Å²) in [5, 5.41) is 12.9. The van der Waals surface area contributed by atoms with E-state index in [1.807, 2.05) is 0 Å². The number of nitro groups is 1. The van der Waals surface area contributed by atoms with Gasteiger partial charge in [-0.2, -0.15) is 0 Å². The molecule has 0 bridgehead atoms. The van der Waals surface area contributed by atoms with Crippen molar-refractivity contribution < 1.29 is 4.92 Å². The minimum atomic E-state index is -0.443. The van der Waals surface area contributed by atoms with Gasteiger partial charge in [0.25, 0.3) is 6.20 Å². The molecule has 1 aliphatic rings. The molecule has 10 heavy (non-hydrogen) atoms. The number of rotatable bonds is 1. The van der Waals surface area contributed by atoms with Crippen LogP contribution >= 0.6 is 15.9 Å². The fourth-order valence-corrected chi connectivity index (χ4v) is 1.36. The second-order valence-corrected chi connectivity index (χ2v) is 3.16. The van der Waals surface area contributed by atoms with E-state index in [1.54, 1.807) is 0 Å². The number of nitrogens with zero attached hydrogens (tertiary/aromatic N) is 1. The topological polar surface area (TPSA) is 55.2 Å². The molecular weight excluding hydrogens is 200 g/mol. The Balaban J connectivity index is 2.62. The van der Waals surface area contributed by atoms with Crippen LogP contribution in [0.4, 0.5) is 0 Å². The van der Waals surface area contributed by atoms with E-state index >= 15 is 0 Å². The Morgan fingerprint density at radius 1 is 1.90 bits per heavy atom. The van der Waals surface area contributed by atoms with Crippen molar-refractivity contribution in [2.24, 2.45) is 0 Å². The summed E-state index contributed by atoms with van der Waals surface area (Å²) in [6, 6.07) is 0. The first-order valence-corrected chi connectivity index (χ1v) is 3.85. The Morgan fingerprint density at radius 3 is 3.00 bits per heavy atom. The summed E-state index contributed by atoms with van der Waals surface area (Å²) in [5.41, 5.74) is 0.671. The van der Waals surface area contributed by atoms with Crippen LogP contribution in [0.15, 0.2) is 11.9 Å². The number of alkyl halides is 1. The van der Waals surface area contributed by atoms with Gasteiger partial charge in [0.1, 0.15) is 0 Å². The molecule has 4 nitrogen and oxygen atoms in total. The van der Waals surface area contributed by atoms with Gasteiger partial charge in [-0.15, -0.1) is 0 Å². The Bertz CT molecular complexity index is 180. The fraction of sp³-hybridized carbons (Fsp3) is 0.600.